The van der Waals surface area contributed by atoms with Gasteiger partial charge in [-0.15, -0.1) is 0 Å². The summed E-state index contributed by atoms with van der Waals surface area (Å²) in [5.74, 6) is 2.70. The number of aryl methyl sites for hydroxylation is 1. The normalized spacial score (nSPS) is 15.5. The molecule has 1 saturated carbocycles. The van der Waals surface area contributed by atoms with Crippen molar-refractivity contribution in [2.24, 2.45) is 5.92 Å². The van der Waals surface area contributed by atoms with Gasteiger partial charge in [-0.3, -0.25) is 0 Å². The average Bonchev–Trinajstić information content (AvgIpc) is 2.27. The van der Waals surface area contributed by atoms with Gasteiger partial charge in [-0.2, -0.15) is 0 Å². The van der Waals surface area contributed by atoms with Crippen LogP contribution >= 0.6 is 11.6 Å². The fourth-order valence-electron chi connectivity index (χ4n) is 2.32. The van der Waals surface area contributed by atoms with E-state index in [0.717, 1.165) is 43.5 Å². The average molecular weight is 268 g/mol. The smallest absolute Gasteiger partial charge is 0.134 e. The molecular weight excluding hydrogens is 246 g/mol. The third-order valence-corrected chi connectivity index (χ3v) is 3.80. The predicted molar refractivity (Wildman–Crippen MR) is 76.3 cm³/mol. The van der Waals surface area contributed by atoms with E-state index in [0.29, 0.717) is 5.15 Å². The van der Waals surface area contributed by atoms with Crippen LogP contribution in [0, 0.1) is 5.92 Å². The van der Waals surface area contributed by atoms with E-state index in [-0.39, 0.29) is 0 Å². The number of rotatable bonds is 6. The largest absolute Gasteiger partial charge is 0.356 e. The van der Waals surface area contributed by atoms with E-state index in [9.17, 15) is 0 Å². The number of hydrogen-bond donors (Lipinski definition) is 0. The summed E-state index contributed by atoms with van der Waals surface area (Å²) in [4.78, 5) is 11.2. The van der Waals surface area contributed by atoms with Crippen molar-refractivity contribution >= 4 is 17.4 Å². The molecule has 4 heteroatoms. The van der Waals surface area contributed by atoms with Crippen molar-refractivity contribution < 1.29 is 0 Å². The minimum atomic E-state index is 0.565. The van der Waals surface area contributed by atoms with Crippen molar-refractivity contribution in [3.8, 4) is 0 Å². The fraction of sp³-hybridized carbons (Fsp3) is 0.714. The summed E-state index contributed by atoms with van der Waals surface area (Å²) in [7, 11) is 0. The molecule has 1 aromatic rings. The Bertz CT molecular complexity index is 391. The molecule has 1 aromatic heterocycles. The lowest BCUT2D eigenvalue weighted by molar-refractivity contribution is 0.318. The molecule has 0 aliphatic heterocycles. The zero-order valence-electron chi connectivity index (χ0n) is 11.3. The Balaban J connectivity index is 2.12. The zero-order valence-corrected chi connectivity index (χ0v) is 12.1. The van der Waals surface area contributed by atoms with Crippen LogP contribution in [0.15, 0.2) is 6.07 Å². The van der Waals surface area contributed by atoms with Crippen molar-refractivity contribution in [1.29, 1.82) is 0 Å². The molecule has 3 nitrogen and oxygen atoms in total. The first-order chi connectivity index (χ1) is 8.72. The Kier molecular flexibility index (Phi) is 4.81. The van der Waals surface area contributed by atoms with E-state index in [1.54, 1.807) is 0 Å². The Morgan fingerprint density at radius 2 is 2.11 bits per heavy atom. The maximum absolute atomic E-state index is 6.09. The number of hydrogen-bond acceptors (Lipinski definition) is 3. The summed E-state index contributed by atoms with van der Waals surface area (Å²) in [6.07, 6.45) is 6.05. The molecule has 1 aliphatic carbocycles. The Morgan fingerprint density at radius 3 is 2.67 bits per heavy atom. The number of nitrogens with zero attached hydrogens (tertiary/aromatic N) is 3. The summed E-state index contributed by atoms with van der Waals surface area (Å²) in [6, 6.07) is 1.89. The molecule has 18 heavy (non-hydrogen) atoms. The molecule has 0 aromatic carbocycles. The molecule has 0 unspecified atom stereocenters. The Hall–Kier alpha value is -0.830. The summed E-state index contributed by atoms with van der Waals surface area (Å²) < 4.78 is 0. The van der Waals surface area contributed by atoms with E-state index < -0.39 is 0 Å². The highest BCUT2D eigenvalue weighted by Crippen LogP contribution is 2.28. The second kappa shape index (κ2) is 6.37. The molecule has 0 N–H and O–H groups in total. The maximum Gasteiger partial charge on any atom is 0.134 e. The zero-order chi connectivity index (χ0) is 13.0. The van der Waals surface area contributed by atoms with Gasteiger partial charge in [0, 0.05) is 25.6 Å². The lowest BCUT2D eigenvalue weighted by atomic mass is 9.85. The van der Waals surface area contributed by atoms with Crippen molar-refractivity contribution in [3.63, 3.8) is 0 Å². The molecule has 1 aliphatic rings. The van der Waals surface area contributed by atoms with Gasteiger partial charge in [0.05, 0.1) is 0 Å². The molecule has 1 fully saturated rings. The first-order valence-corrected chi connectivity index (χ1v) is 7.39. The van der Waals surface area contributed by atoms with Gasteiger partial charge in [0.2, 0.25) is 0 Å². The van der Waals surface area contributed by atoms with Crippen LogP contribution in [0.25, 0.3) is 0 Å². The first-order valence-electron chi connectivity index (χ1n) is 7.01. The van der Waals surface area contributed by atoms with E-state index in [1.807, 2.05) is 6.07 Å². The van der Waals surface area contributed by atoms with Crippen LogP contribution in [0.3, 0.4) is 0 Å². The van der Waals surface area contributed by atoms with Crippen LogP contribution in [0.4, 0.5) is 5.82 Å². The SMILES string of the molecule is CCCc1nc(Cl)cc(N(CC)CC2CCC2)n1. The molecule has 2 rings (SSSR count). The molecule has 0 atom stereocenters. The van der Waals surface area contributed by atoms with Crippen LogP contribution in [-0.4, -0.2) is 23.1 Å². The topological polar surface area (TPSA) is 29.0 Å². The van der Waals surface area contributed by atoms with Crippen LogP contribution in [0.5, 0.6) is 0 Å². The van der Waals surface area contributed by atoms with Crippen molar-refractivity contribution in [1.82, 2.24) is 9.97 Å². The van der Waals surface area contributed by atoms with Crippen LogP contribution < -0.4 is 4.90 Å². The lowest BCUT2D eigenvalue weighted by Gasteiger charge is -2.32. The highest BCUT2D eigenvalue weighted by Gasteiger charge is 2.21. The van der Waals surface area contributed by atoms with Gasteiger partial charge in [-0.25, -0.2) is 9.97 Å². The molecule has 0 saturated heterocycles. The maximum atomic E-state index is 6.09. The van der Waals surface area contributed by atoms with E-state index in [4.69, 9.17) is 11.6 Å². The lowest BCUT2D eigenvalue weighted by Crippen LogP contribution is -2.33. The van der Waals surface area contributed by atoms with Gasteiger partial charge in [0.15, 0.2) is 0 Å². The quantitative estimate of drug-likeness (QED) is 0.736. The van der Waals surface area contributed by atoms with E-state index in [1.165, 1.54) is 19.3 Å². The second-order valence-corrected chi connectivity index (χ2v) is 5.44. The third-order valence-electron chi connectivity index (χ3n) is 3.61. The van der Waals surface area contributed by atoms with Gasteiger partial charge in [-0.05, 0) is 32.1 Å². The number of aromatic nitrogens is 2. The van der Waals surface area contributed by atoms with Crippen LogP contribution in [-0.2, 0) is 6.42 Å². The Morgan fingerprint density at radius 1 is 1.33 bits per heavy atom. The third kappa shape index (κ3) is 3.35. The molecule has 0 amide bonds. The minimum Gasteiger partial charge on any atom is -0.356 e. The van der Waals surface area contributed by atoms with Gasteiger partial charge >= 0.3 is 0 Å². The number of halogens is 1. The molecule has 1 heterocycles. The van der Waals surface area contributed by atoms with E-state index >= 15 is 0 Å². The highest BCUT2D eigenvalue weighted by molar-refractivity contribution is 6.29. The fourth-order valence-corrected chi connectivity index (χ4v) is 2.52. The van der Waals surface area contributed by atoms with E-state index in [2.05, 4.69) is 28.7 Å². The summed E-state index contributed by atoms with van der Waals surface area (Å²) in [5, 5.41) is 0.565. The standard InChI is InChI=1S/C14H22ClN3/c1-3-6-13-16-12(15)9-14(17-13)18(4-2)10-11-7-5-8-11/h9,11H,3-8,10H2,1-2H3. The molecule has 100 valence electrons. The predicted octanol–water partition coefficient (Wildman–Crippen LogP) is 3.71. The molecule has 0 radical (unpaired) electrons. The van der Waals surface area contributed by atoms with Crippen molar-refractivity contribution in [3.05, 3.63) is 17.0 Å². The van der Waals surface area contributed by atoms with Crippen LogP contribution in [0.1, 0.15) is 45.4 Å². The monoisotopic (exact) mass is 267 g/mol. The van der Waals surface area contributed by atoms with Gasteiger partial charge < -0.3 is 4.90 Å². The first kappa shape index (κ1) is 13.6. The number of anilines is 1. The van der Waals surface area contributed by atoms with Gasteiger partial charge in [0.25, 0.3) is 0 Å². The highest BCUT2D eigenvalue weighted by atomic mass is 35.5. The molecule has 0 spiro atoms. The minimum absolute atomic E-state index is 0.565. The van der Waals surface area contributed by atoms with Gasteiger partial charge in [0.1, 0.15) is 16.8 Å². The molecule has 0 bridgehead atoms. The second-order valence-electron chi connectivity index (χ2n) is 5.05. The van der Waals surface area contributed by atoms with Gasteiger partial charge in [-0.1, -0.05) is 24.9 Å². The summed E-state index contributed by atoms with van der Waals surface area (Å²) in [6.45, 7) is 6.40. The summed E-state index contributed by atoms with van der Waals surface area (Å²) >= 11 is 6.09. The van der Waals surface area contributed by atoms with Crippen molar-refractivity contribution in [2.75, 3.05) is 18.0 Å². The summed E-state index contributed by atoms with van der Waals surface area (Å²) in [5.41, 5.74) is 0. The van der Waals surface area contributed by atoms with Crippen LogP contribution in [0.2, 0.25) is 5.15 Å². The Labute approximate surface area is 115 Å². The van der Waals surface area contributed by atoms with Crippen molar-refractivity contribution in [2.45, 2.75) is 46.0 Å². The molecular formula is C14H22ClN3.